The fourth-order valence-corrected chi connectivity index (χ4v) is 1.57. The Labute approximate surface area is 126 Å². The van der Waals surface area contributed by atoms with Gasteiger partial charge in [0, 0.05) is 11.5 Å². The van der Waals surface area contributed by atoms with Crippen molar-refractivity contribution < 1.29 is 67.7 Å². The molecule has 2 rings (SSSR count). The zero-order chi connectivity index (χ0) is 6.97. The molecular formula is C8H11O2RbS. The minimum Gasteiger partial charge on any atom is -0.554 e. The van der Waals surface area contributed by atoms with Gasteiger partial charge in [0.15, 0.2) is 0 Å². The molecule has 1 aliphatic heterocycles. The van der Waals surface area contributed by atoms with Crippen LogP contribution in [-0.2, 0) is 0 Å². The Hall–Kier alpha value is 1.11. The van der Waals surface area contributed by atoms with Crippen molar-refractivity contribution in [3.63, 3.8) is 0 Å². The Kier molecular flexibility index (Phi) is 6.29. The minimum absolute atomic E-state index is 0. The first-order valence-corrected chi connectivity index (χ1v) is 3.96. The molecule has 0 aromatic carbocycles. The van der Waals surface area contributed by atoms with Gasteiger partial charge in [-0.3, -0.25) is 11.3 Å². The summed E-state index contributed by atoms with van der Waals surface area (Å²) in [6.07, 6.45) is 0. The summed E-state index contributed by atoms with van der Waals surface area (Å²) >= 11 is 1.55. The van der Waals surface area contributed by atoms with Gasteiger partial charge < -0.3 is 9.47 Å². The molecular weight excluding hydrogens is 246 g/mol. The fraction of sp³-hybridized carbons (Fsp3) is 0.500. The molecule has 12 heavy (non-hydrogen) atoms. The van der Waals surface area contributed by atoms with E-state index in [9.17, 15) is 0 Å². The summed E-state index contributed by atoms with van der Waals surface area (Å²) in [5.74, 6) is 1.67. The molecule has 0 amide bonds. The molecule has 0 spiro atoms. The van der Waals surface area contributed by atoms with E-state index in [1.807, 2.05) is 6.92 Å². The van der Waals surface area contributed by atoms with Gasteiger partial charge in [0.05, 0.1) is 0 Å². The van der Waals surface area contributed by atoms with Crippen LogP contribution in [0, 0.1) is 12.3 Å². The van der Waals surface area contributed by atoms with Gasteiger partial charge in [0.25, 0.3) is 0 Å². The van der Waals surface area contributed by atoms with Gasteiger partial charge in [0.1, 0.15) is 13.2 Å². The van der Waals surface area contributed by atoms with Crippen LogP contribution in [0.5, 0.6) is 11.5 Å². The molecule has 1 aromatic heterocycles. The fourth-order valence-electron chi connectivity index (χ4n) is 0.925. The normalized spacial score (nSPS) is 12.8. The molecule has 0 bridgehead atoms. The van der Waals surface area contributed by atoms with Gasteiger partial charge in [0.2, 0.25) is 0 Å². The molecule has 0 unspecified atom stereocenters. The third-order valence-corrected chi connectivity index (χ3v) is 2.18. The molecule has 0 N–H and O–H groups in total. The van der Waals surface area contributed by atoms with Crippen molar-refractivity contribution in [1.29, 1.82) is 0 Å². The number of fused-ring (bicyclic) bond motifs is 1. The molecule has 0 fully saturated rings. The van der Waals surface area contributed by atoms with Crippen LogP contribution in [0.15, 0.2) is 0 Å². The second kappa shape index (κ2) is 5.76. The molecule has 0 aliphatic carbocycles. The van der Waals surface area contributed by atoms with Crippen molar-refractivity contribution in [2.45, 2.75) is 14.4 Å². The van der Waals surface area contributed by atoms with Gasteiger partial charge in [-0.2, -0.15) is 0 Å². The standard InChI is InChI=1S/C7H7O2S.CH4.Rb/c1-5-7-6(4-10-5)8-2-3-9-7;;/h2-3H2,1H3;1H4;/q-1;;+1. The average molecular weight is 257 g/mol. The largest absolute Gasteiger partial charge is 1.00 e. The topological polar surface area (TPSA) is 18.5 Å². The summed E-state index contributed by atoms with van der Waals surface area (Å²) in [4.78, 5) is 1.15. The summed E-state index contributed by atoms with van der Waals surface area (Å²) in [5.41, 5.74) is 0. The number of ether oxygens (including phenoxy) is 2. The number of aryl methyl sites for hydroxylation is 1. The summed E-state index contributed by atoms with van der Waals surface area (Å²) in [7, 11) is 0. The van der Waals surface area contributed by atoms with E-state index in [4.69, 9.17) is 9.47 Å². The van der Waals surface area contributed by atoms with E-state index in [0.29, 0.717) is 13.2 Å². The van der Waals surface area contributed by atoms with Crippen LogP contribution in [0.1, 0.15) is 12.3 Å². The Bertz CT molecular complexity index is 247. The van der Waals surface area contributed by atoms with Crippen molar-refractivity contribution in [2.24, 2.45) is 0 Å². The Morgan fingerprint density at radius 2 is 2.00 bits per heavy atom. The third kappa shape index (κ3) is 2.55. The molecule has 0 saturated heterocycles. The Morgan fingerprint density at radius 3 is 2.67 bits per heavy atom. The summed E-state index contributed by atoms with van der Waals surface area (Å²) in [6.45, 7) is 3.33. The van der Waals surface area contributed by atoms with E-state index in [2.05, 4.69) is 5.38 Å². The maximum absolute atomic E-state index is 5.35. The van der Waals surface area contributed by atoms with Gasteiger partial charge in [-0.1, -0.05) is 19.7 Å². The van der Waals surface area contributed by atoms with E-state index < -0.39 is 0 Å². The molecule has 0 saturated carbocycles. The number of hydrogen-bond donors (Lipinski definition) is 0. The third-order valence-electron chi connectivity index (χ3n) is 1.40. The molecule has 1 aliphatic rings. The molecule has 1 aromatic rings. The van der Waals surface area contributed by atoms with Crippen molar-refractivity contribution in [2.75, 3.05) is 13.2 Å². The second-order valence-corrected chi connectivity index (χ2v) is 3.14. The molecule has 0 radical (unpaired) electrons. The van der Waals surface area contributed by atoms with Crippen LogP contribution in [0.4, 0.5) is 0 Å². The summed E-state index contributed by atoms with van der Waals surface area (Å²) in [5, 5.41) is 3.02. The predicted octanol–water partition coefficient (Wildman–Crippen LogP) is -0.732. The molecule has 4 heteroatoms. The number of hydrogen-bond acceptors (Lipinski definition) is 3. The smallest absolute Gasteiger partial charge is 0.554 e. The summed E-state index contributed by atoms with van der Waals surface area (Å²) in [6, 6.07) is 0. The average Bonchev–Trinajstić information content (AvgIpc) is 2.34. The molecule has 62 valence electrons. The van der Waals surface area contributed by atoms with Crippen LogP contribution in [-0.4, -0.2) is 13.2 Å². The van der Waals surface area contributed by atoms with E-state index in [0.717, 1.165) is 16.4 Å². The maximum Gasteiger partial charge on any atom is 1.00 e. The molecule has 2 heterocycles. The van der Waals surface area contributed by atoms with Crippen molar-refractivity contribution in [1.82, 2.24) is 0 Å². The Morgan fingerprint density at radius 1 is 1.33 bits per heavy atom. The van der Waals surface area contributed by atoms with E-state index >= 15 is 0 Å². The second-order valence-electron chi connectivity index (χ2n) is 2.12. The first-order chi connectivity index (χ1) is 4.88. The monoisotopic (exact) mass is 256 g/mol. The minimum atomic E-state index is 0. The first kappa shape index (κ1) is 13.1. The van der Waals surface area contributed by atoms with E-state index in [-0.39, 0.29) is 65.6 Å². The van der Waals surface area contributed by atoms with Crippen LogP contribution in [0.2, 0.25) is 0 Å². The Balaban J connectivity index is 0.000000605. The number of thiophene rings is 1. The zero-order valence-corrected chi connectivity index (χ0v) is 12.4. The van der Waals surface area contributed by atoms with Crippen LogP contribution in [0.3, 0.4) is 0 Å². The van der Waals surface area contributed by atoms with Gasteiger partial charge >= 0.3 is 58.2 Å². The summed E-state index contributed by atoms with van der Waals surface area (Å²) < 4.78 is 10.6. The van der Waals surface area contributed by atoms with Crippen molar-refractivity contribution in [3.8, 4) is 11.5 Å². The van der Waals surface area contributed by atoms with Crippen LogP contribution in [0.25, 0.3) is 0 Å². The van der Waals surface area contributed by atoms with Crippen LogP contribution >= 0.6 is 11.3 Å². The first-order valence-electron chi connectivity index (χ1n) is 3.14. The molecule has 2 nitrogen and oxygen atoms in total. The van der Waals surface area contributed by atoms with Gasteiger partial charge in [-0.15, -0.1) is 4.88 Å². The van der Waals surface area contributed by atoms with Gasteiger partial charge in [-0.05, 0) is 0 Å². The predicted molar refractivity (Wildman–Crippen MR) is 45.6 cm³/mol. The number of rotatable bonds is 0. The van der Waals surface area contributed by atoms with Crippen LogP contribution < -0.4 is 67.7 Å². The maximum atomic E-state index is 5.35. The van der Waals surface area contributed by atoms with Gasteiger partial charge in [-0.25, -0.2) is 0 Å². The van der Waals surface area contributed by atoms with E-state index in [1.165, 1.54) is 0 Å². The zero-order valence-electron chi connectivity index (χ0n) is 6.64. The van der Waals surface area contributed by atoms with Crippen molar-refractivity contribution in [3.05, 3.63) is 10.3 Å². The van der Waals surface area contributed by atoms with Crippen molar-refractivity contribution >= 4 is 11.3 Å². The van der Waals surface area contributed by atoms with E-state index in [1.54, 1.807) is 11.3 Å². The quantitative estimate of drug-likeness (QED) is 0.570. The SMILES string of the molecule is C.Cc1s[c-]c2c1OCCO2.[Rb+]. The molecule has 0 atom stereocenters.